The molecule has 3 N–H and O–H groups in total. The molecule has 2 aromatic rings. The van der Waals surface area contributed by atoms with E-state index in [0.29, 0.717) is 35.2 Å². The first-order valence-corrected chi connectivity index (χ1v) is 10.3. The molecule has 1 aliphatic heterocycles. The lowest BCUT2D eigenvalue weighted by molar-refractivity contribution is -0.148. The third kappa shape index (κ3) is 5.02. The molecule has 1 aromatic heterocycles. The van der Waals surface area contributed by atoms with Crippen LogP contribution in [0.5, 0.6) is 0 Å². The average Bonchev–Trinajstić information content (AvgIpc) is 3.11. The first kappa shape index (κ1) is 22.3. The minimum atomic E-state index is -0.677. The molecule has 8 heteroatoms. The Morgan fingerprint density at radius 3 is 2.81 bits per heavy atom. The number of nitrogens with zero attached hydrogens (tertiary/aromatic N) is 3. The average molecular weight is 424 g/mol. The van der Waals surface area contributed by atoms with Gasteiger partial charge in [0.1, 0.15) is 11.3 Å². The first-order chi connectivity index (χ1) is 14.7. The highest BCUT2D eigenvalue weighted by atomic mass is 16.3. The SMILES string of the molecule is C=N/C(N)=C(C)\C=C(/C)NC(=O)C(=O)N1C[C@@H](C)CC[C@H]1c1ccc2oc(C)nc2c1. The Labute approximate surface area is 181 Å². The number of piperidine rings is 1. The molecule has 1 fully saturated rings. The Kier molecular flexibility index (Phi) is 6.58. The van der Waals surface area contributed by atoms with E-state index in [1.165, 1.54) is 0 Å². The molecule has 0 spiro atoms. The predicted molar refractivity (Wildman–Crippen MR) is 120 cm³/mol. The van der Waals surface area contributed by atoms with Crippen LogP contribution in [0, 0.1) is 12.8 Å². The molecule has 0 aliphatic carbocycles. The quantitative estimate of drug-likeness (QED) is 0.445. The van der Waals surface area contributed by atoms with Gasteiger partial charge in [-0.05, 0) is 68.7 Å². The van der Waals surface area contributed by atoms with Crippen molar-refractivity contribution in [2.24, 2.45) is 16.6 Å². The van der Waals surface area contributed by atoms with Crippen LogP contribution in [0.15, 0.2) is 50.8 Å². The molecule has 0 radical (unpaired) electrons. The molecule has 8 nitrogen and oxygen atoms in total. The molecular formula is C23H29N5O3. The number of nitrogens with two attached hydrogens (primary N) is 1. The van der Waals surface area contributed by atoms with Crippen LogP contribution in [0.25, 0.3) is 11.1 Å². The number of hydrogen-bond donors (Lipinski definition) is 2. The number of oxazole rings is 1. The maximum Gasteiger partial charge on any atom is 0.313 e. The largest absolute Gasteiger partial charge is 0.441 e. The second-order valence-electron chi connectivity index (χ2n) is 8.12. The highest BCUT2D eigenvalue weighted by Crippen LogP contribution is 2.34. The van der Waals surface area contributed by atoms with Gasteiger partial charge in [0.05, 0.1) is 6.04 Å². The van der Waals surface area contributed by atoms with Crippen molar-refractivity contribution in [1.82, 2.24) is 15.2 Å². The number of allylic oxidation sites excluding steroid dienone is 3. The van der Waals surface area contributed by atoms with Gasteiger partial charge in [-0.2, -0.15) is 0 Å². The van der Waals surface area contributed by atoms with Gasteiger partial charge in [-0.25, -0.2) is 9.98 Å². The molecule has 1 aliphatic rings. The highest BCUT2D eigenvalue weighted by Gasteiger charge is 2.34. The molecule has 164 valence electrons. The van der Waals surface area contributed by atoms with Crippen molar-refractivity contribution in [3.63, 3.8) is 0 Å². The van der Waals surface area contributed by atoms with E-state index in [0.717, 1.165) is 23.9 Å². The smallest absolute Gasteiger partial charge is 0.313 e. The van der Waals surface area contributed by atoms with Crippen LogP contribution in [0.4, 0.5) is 0 Å². The first-order valence-electron chi connectivity index (χ1n) is 10.3. The Hall–Kier alpha value is -3.42. The van der Waals surface area contributed by atoms with E-state index in [1.807, 2.05) is 18.2 Å². The number of carbonyl (C=O) groups is 2. The maximum atomic E-state index is 13.1. The second-order valence-corrected chi connectivity index (χ2v) is 8.12. The predicted octanol–water partition coefficient (Wildman–Crippen LogP) is 3.35. The summed E-state index contributed by atoms with van der Waals surface area (Å²) >= 11 is 0. The van der Waals surface area contributed by atoms with E-state index >= 15 is 0 Å². The molecule has 2 amide bonds. The number of hydrogen-bond acceptors (Lipinski definition) is 6. The number of benzene rings is 1. The fraction of sp³-hybridized carbons (Fsp3) is 0.391. The molecular weight excluding hydrogens is 394 g/mol. The maximum absolute atomic E-state index is 13.1. The van der Waals surface area contributed by atoms with E-state index in [9.17, 15) is 9.59 Å². The number of fused-ring (bicyclic) bond motifs is 1. The van der Waals surface area contributed by atoms with Crippen molar-refractivity contribution in [2.45, 2.75) is 46.6 Å². The van der Waals surface area contributed by atoms with Gasteiger partial charge in [0.15, 0.2) is 11.5 Å². The fourth-order valence-corrected chi connectivity index (χ4v) is 3.91. The topological polar surface area (TPSA) is 114 Å². The van der Waals surface area contributed by atoms with Gasteiger partial charge in [0.25, 0.3) is 0 Å². The number of aliphatic imine (C=N–C) groups is 1. The summed E-state index contributed by atoms with van der Waals surface area (Å²) in [5, 5.41) is 2.66. The Bertz CT molecular complexity index is 1080. The number of amides is 2. The molecule has 0 unspecified atom stereocenters. The van der Waals surface area contributed by atoms with Crippen LogP contribution in [0.3, 0.4) is 0 Å². The van der Waals surface area contributed by atoms with Crippen molar-refractivity contribution in [2.75, 3.05) is 6.54 Å². The van der Waals surface area contributed by atoms with Gasteiger partial charge >= 0.3 is 11.8 Å². The molecule has 2 atom stereocenters. The fourth-order valence-electron chi connectivity index (χ4n) is 3.91. The number of aryl methyl sites for hydroxylation is 1. The van der Waals surface area contributed by atoms with Crippen LogP contribution < -0.4 is 11.1 Å². The minimum Gasteiger partial charge on any atom is -0.441 e. The summed E-state index contributed by atoms with van der Waals surface area (Å²) in [6.07, 6.45) is 3.41. The monoisotopic (exact) mass is 423 g/mol. The minimum absolute atomic E-state index is 0.192. The number of aromatic nitrogens is 1. The van der Waals surface area contributed by atoms with E-state index in [-0.39, 0.29) is 11.9 Å². The van der Waals surface area contributed by atoms with Crippen molar-refractivity contribution in [1.29, 1.82) is 0 Å². The van der Waals surface area contributed by atoms with Crippen LogP contribution in [-0.2, 0) is 9.59 Å². The lowest BCUT2D eigenvalue weighted by Crippen LogP contribution is -2.48. The summed E-state index contributed by atoms with van der Waals surface area (Å²) in [6.45, 7) is 11.2. The van der Waals surface area contributed by atoms with Crippen molar-refractivity contribution < 1.29 is 14.0 Å². The van der Waals surface area contributed by atoms with Gasteiger partial charge in [-0.3, -0.25) is 9.59 Å². The van der Waals surface area contributed by atoms with Crippen LogP contribution in [-0.4, -0.2) is 35.0 Å². The number of rotatable bonds is 4. The third-order valence-electron chi connectivity index (χ3n) is 5.49. The van der Waals surface area contributed by atoms with Gasteiger partial charge in [-0.1, -0.05) is 13.0 Å². The number of nitrogens with one attached hydrogen (secondary N) is 1. The second kappa shape index (κ2) is 9.16. The normalized spacial score (nSPS) is 20.4. The summed E-state index contributed by atoms with van der Waals surface area (Å²) < 4.78 is 5.55. The van der Waals surface area contributed by atoms with Gasteiger partial charge < -0.3 is 20.4 Å². The standard InChI is InChI=1S/C23H29N5O3/c1-13-6-8-19(17-7-9-20-18(11-17)27-16(4)31-20)28(12-13)23(30)22(29)26-15(3)10-14(2)21(24)25-5/h7,9-11,13,19H,5-6,8,12,24H2,1-4H3,(H,26,29)/b15-10+,21-14-/t13-,19-/m0/s1. The van der Waals surface area contributed by atoms with E-state index in [2.05, 4.69) is 28.9 Å². The van der Waals surface area contributed by atoms with E-state index in [4.69, 9.17) is 10.2 Å². The van der Waals surface area contributed by atoms with Crippen LogP contribution >= 0.6 is 0 Å². The number of likely N-dealkylation sites (tertiary alicyclic amines) is 1. The summed E-state index contributed by atoms with van der Waals surface area (Å²) in [5.41, 5.74) is 9.28. The molecule has 1 saturated heterocycles. The summed E-state index contributed by atoms with van der Waals surface area (Å²) in [7, 11) is 0. The molecule has 3 rings (SSSR count). The molecule has 2 heterocycles. The Morgan fingerprint density at radius 1 is 1.35 bits per heavy atom. The van der Waals surface area contributed by atoms with Gasteiger partial charge in [-0.15, -0.1) is 0 Å². The van der Waals surface area contributed by atoms with Crippen molar-refractivity contribution >= 4 is 29.6 Å². The van der Waals surface area contributed by atoms with E-state index < -0.39 is 11.8 Å². The highest BCUT2D eigenvalue weighted by molar-refractivity contribution is 6.35. The lowest BCUT2D eigenvalue weighted by Gasteiger charge is -2.38. The summed E-state index contributed by atoms with van der Waals surface area (Å²) in [4.78, 5) is 35.5. The third-order valence-corrected chi connectivity index (χ3v) is 5.49. The zero-order valence-corrected chi connectivity index (χ0v) is 18.4. The molecule has 0 saturated carbocycles. The summed E-state index contributed by atoms with van der Waals surface area (Å²) in [5.74, 6) is -0.0633. The Morgan fingerprint density at radius 2 is 2.10 bits per heavy atom. The van der Waals surface area contributed by atoms with Crippen molar-refractivity contribution in [3.05, 3.63) is 52.8 Å². The van der Waals surface area contributed by atoms with Crippen molar-refractivity contribution in [3.8, 4) is 0 Å². The van der Waals surface area contributed by atoms with Gasteiger partial charge in [0, 0.05) is 19.2 Å². The van der Waals surface area contributed by atoms with Crippen LogP contribution in [0.1, 0.15) is 51.1 Å². The van der Waals surface area contributed by atoms with Gasteiger partial charge in [0.2, 0.25) is 0 Å². The molecule has 0 bridgehead atoms. The zero-order valence-electron chi connectivity index (χ0n) is 18.4. The van der Waals surface area contributed by atoms with E-state index in [1.54, 1.807) is 31.7 Å². The summed E-state index contributed by atoms with van der Waals surface area (Å²) in [6, 6.07) is 5.55. The van der Waals surface area contributed by atoms with Crippen LogP contribution in [0.2, 0.25) is 0 Å². The lowest BCUT2D eigenvalue weighted by atomic mass is 9.89. The molecule has 1 aromatic carbocycles. The Balaban J connectivity index is 1.82. The molecule has 31 heavy (non-hydrogen) atoms. The number of carbonyl (C=O) groups excluding carboxylic acids is 2. The zero-order chi connectivity index (χ0) is 22.7.